The van der Waals surface area contributed by atoms with Crippen molar-refractivity contribution in [2.45, 2.75) is 108 Å². The Labute approximate surface area is 174 Å². The van der Waals surface area contributed by atoms with E-state index in [0.717, 1.165) is 51.4 Å². The molecule has 4 aliphatic carbocycles. The Hall–Kier alpha value is -0.650. The van der Waals surface area contributed by atoms with Gasteiger partial charge in [0.1, 0.15) is 11.2 Å². The van der Waals surface area contributed by atoms with E-state index in [1.807, 2.05) is 0 Å². The first-order chi connectivity index (χ1) is 13.6. The predicted octanol–water partition coefficient (Wildman–Crippen LogP) is 2.42. The first-order valence-corrected chi connectivity index (χ1v) is 11.9. The molecule has 2 spiro atoms. The van der Waals surface area contributed by atoms with Crippen LogP contribution in [0.1, 0.15) is 85.0 Å². The number of aliphatic hydroxyl groups excluding tert-OH is 2. The minimum absolute atomic E-state index is 0.0908. The van der Waals surface area contributed by atoms with E-state index >= 15 is 0 Å². The SMILES string of the molecule is C[C@H](CCC(=O)[O-])[C@H]1CCC23OC24CC[C@@H]2C[C@H](O)CC[C@]2(C)[C@H]4C[C@H](O)[C@]13C. The smallest absolute Gasteiger partial charge is 0.106 e. The van der Waals surface area contributed by atoms with Crippen molar-refractivity contribution < 1.29 is 24.9 Å². The van der Waals surface area contributed by atoms with E-state index in [1.165, 1.54) is 0 Å². The van der Waals surface area contributed by atoms with Crippen LogP contribution in [0.3, 0.4) is 0 Å². The van der Waals surface area contributed by atoms with E-state index in [2.05, 4.69) is 20.8 Å². The molecule has 5 fully saturated rings. The van der Waals surface area contributed by atoms with Gasteiger partial charge in [0.2, 0.25) is 0 Å². The first kappa shape index (κ1) is 20.3. The summed E-state index contributed by atoms with van der Waals surface area (Å²) in [6, 6.07) is 0. The molecule has 1 heterocycles. The highest BCUT2D eigenvalue weighted by atomic mass is 16.6. The summed E-state index contributed by atoms with van der Waals surface area (Å²) in [5.74, 6) is 0.432. The maximum atomic E-state index is 11.6. The van der Waals surface area contributed by atoms with Gasteiger partial charge < -0.3 is 24.9 Å². The van der Waals surface area contributed by atoms with E-state index in [9.17, 15) is 20.1 Å². The van der Waals surface area contributed by atoms with Crippen molar-refractivity contribution in [1.82, 2.24) is 0 Å². The number of carbonyl (C=O) groups excluding carboxylic acids is 1. The maximum Gasteiger partial charge on any atom is 0.106 e. The lowest BCUT2D eigenvalue weighted by Crippen LogP contribution is -2.63. The zero-order chi connectivity index (χ0) is 20.8. The molecule has 1 aliphatic heterocycles. The summed E-state index contributed by atoms with van der Waals surface area (Å²) in [6.07, 6.45) is 7.84. The van der Waals surface area contributed by atoms with Gasteiger partial charge in [0.05, 0.1) is 12.2 Å². The molecule has 0 aromatic heterocycles. The average molecular weight is 406 g/mol. The van der Waals surface area contributed by atoms with Gasteiger partial charge in [-0.1, -0.05) is 20.8 Å². The number of fused-ring (bicyclic) bond motifs is 2. The molecule has 2 N–H and O–H groups in total. The number of carboxylic acid groups (broad SMARTS) is 1. The summed E-state index contributed by atoms with van der Waals surface area (Å²) in [5.41, 5.74) is -0.516. The molecule has 5 nitrogen and oxygen atoms in total. The lowest BCUT2D eigenvalue weighted by atomic mass is 9.43. The molecule has 0 amide bonds. The number of carbonyl (C=O) groups is 1. The summed E-state index contributed by atoms with van der Waals surface area (Å²) in [7, 11) is 0. The molecule has 164 valence electrons. The Bertz CT molecular complexity index is 709. The van der Waals surface area contributed by atoms with E-state index in [-0.39, 0.29) is 46.4 Å². The van der Waals surface area contributed by atoms with Crippen LogP contribution in [0.25, 0.3) is 0 Å². The Kier molecular flexibility index (Phi) is 4.33. The monoisotopic (exact) mass is 405 g/mol. The van der Waals surface area contributed by atoms with Crippen LogP contribution in [0.4, 0.5) is 0 Å². The van der Waals surface area contributed by atoms with Crippen LogP contribution in [0, 0.1) is 34.5 Å². The third kappa shape index (κ3) is 2.36. The fourth-order valence-electron chi connectivity index (χ4n) is 9.21. The van der Waals surface area contributed by atoms with Crippen LogP contribution in [0.2, 0.25) is 0 Å². The number of aliphatic carboxylic acids is 1. The van der Waals surface area contributed by atoms with Crippen LogP contribution < -0.4 is 5.11 Å². The molecule has 0 aromatic carbocycles. The van der Waals surface area contributed by atoms with Crippen molar-refractivity contribution in [1.29, 1.82) is 0 Å². The molecule has 5 rings (SSSR count). The highest BCUT2D eigenvalue weighted by molar-refractivity contribution is 5.64. The summed E-state index contributed by atoms with van der Waals surface area (Å²) in [5, 5.41) is 32.8. The summed E-state index contributed by atoms with van der Waals surface area (Å²) in [6.45, 7) is 6.77. The molecule has 0 radical (unpaired) electrons. The highest BCUT2D eigenvalue weighted by Crippen LogP contribution is 2.81. The Morgan fingerprint density at radius 1 is 1.14 bits per heavy atom. The third-order valence-electron chi connectivity index (χ3n) is 10.8. The molecule has 1 saturated heterocycles. The van der Waals surface area contributed by atoms with Gasteiger partial charge in [0.25, 0.3) is 0 Å². The number of hydrogen-bond donors (Lipinski definition) is 2. The second-order valence-corrected chi connectivity index (χ2v) is 11.6. The van der Waals surface area contributed by atoms with Gasteiger partial charge in [0, 0.05) is 11.4 Å². The number of carboxylic acids is 1. The first-order valence-electron chi connectivity index (χ1n) is 11.9. The number of ether oxygens (including phenoxy) is 1. The molecule has 4 saturated carbocycles. The van der Waals surface area contributed by atoms with E-state index < -0.39 is 12.1 Å². The van der Waals surface area contributed by atoms with Gasteiger partial charge in [-0.3, -0.25) is 0 Å². The number of hydrogen-bond acceptors (Lipinski definition) is 5. The van der Waals surface area contributed by atoms with Gasteiger partial charge >= 0.3 is 0 Å². The summed E-state index contributed by atoms with van der Waals surface area (Å²) in [4.78, 5) is 11.0. The Morgan fingerprint density at radius 2 is 1.90 bits per heavy atom. The van der Waals surface area contributed by atoms with Crippen LogP contribution in [0.15, 0.2) is 0 Å². The molecule has 2 unspecified atom stereocenters. The van der Waals surface area contributed by atoms with Gasteiger partial charge in [-0.2, -0.15) is 0 Å². The van der Waals surface area contributed by atoms with Gasteiger partial charge in [0.15, 0.2) is 0 Å². The summed E-state index contributed by atoms with van der Waals surface area (Å²) >= 11 is 0. The normalized spacial score (nSPS) is 56.5. The molecule has 10 atom stereocenters. The van der Waals surface area contributed by atoms with Crippen molar-refractivity contribution in [2.24, 2.45) is 34.5 Å². The molecule has 0 aromatic rings. The van der Waals surface area contributed by atoms with Gasteiger partial charge in [-0.25, -0.2) is 0 Å². The Morgan fingerprint density at radius 3 is 2.62 bits per heavy atom. The second kappa shape index (κ2) is 6.20. The van der Waals surface area contributed by atoms with Crippen molar-refractivity contribution in [3.8, 4) is 0 Å². The quantitative estimate of drug-likeness (QED) is 0.701. The van der Waals surface area contributed by atoms with Gasteiger partial charge in [-0.05, 0) is 93.3 Å². The fraction of sp³-hybridized carbons (Fsp3) is 0.958. The molecule has 29 heavy (non-hydrogen) atoms. The topological polar surface area (TPSA) is 93.1 Å². The zero-order valence-electron chi connectivity index (χ0n) is 18.2. The zero-order valence-corrected chi connectivity index (χ0v) is 18.2. The maximum absolute atomic E-state index is 11.6. The van der Waals surface area contributed by atoms with Crippen molar-refractivity contribution in [3.63, 3.8) is 0 Å². The van der Waals surface area contributed by atoms with Crippen molar-refractivity contribution >= 4 is 5.97 Å². The van der Waals surface area contributed by atoms with Crippen molar-refractivity contribution in [2.75, 3.05) is 0 Å². The van der Waals surface area contributed by atoms with Crippen LogP contribution in [-0.2, 0) is 9.53 Å². The number of aliphatic hydroxyl groups is 2. The lowest BCUT2D eigenvalue weighted by Gasteiger charge is -2.59. The number of epoxide rings is 1. The van der Waals surface area contributed by atoms with Crippen LogP contribution in [0.5, 0.6) is 0 Å². The van der Waals surface area contributed by atoms with Crippen LogP contribution >= 0.6 is 0 Å². The Balaban J connectivity index is 1.46. The molecular weight excluding hydrogens is 368 g/mol. The minimum atomic E-state index is -0.983. The van der Waals surface area contributed by atoms with Crippen molar-refractivity contribution in [3.05, 3.63) is 0 Å². The molecule has 0 bridgehead atoms. The van der Waals surface area contributed by atoms with E-state index in [4.69, 9.17) is 4.74 Å². The van der Waals surface area contributed by atoms with Crippen LogP contribution in [-0.4, -0.2) is 39.6 Å². The number of rotatable bonds is 4. The molecular formula is C24H37O5-. The van der Waals surface area contributed by atoms with Gasteiger partial charge in [-0.15, -0.1) is 0 Å². The van der Waals surface area contributed by atoms with E-state index in [1.54, 1.807) is 0 Å². The molecule has 5 aliphatic rings. The largest absolute Gasteiger partial charge is 0.550 e. The highest BCUT2D eigenvalue weighted by Gasteiger charge is 2.88. The second-order valence-electron chi connectivity index (χ2n) is 11.6. The standard InChI is InChI=1S/C24H38O5/c1-14(4-5-20(27)28)17-8-11-24-22(17,3)19(26)13-18-21(2)9-7-16(25)12-15(21)6-10-23(18,24)29-24/h14-19,25-26H,4-13H2,1-3H3,(H,27,28)/p-1/t14-,15-,16-,17-,18-,19+,21+,22+,23?,24?/m1/s1. The average Bonchev–Trinajstić information content (AvgIpc) is 3.23. The van der Waals surface area contributed by atoms with E-state index in [0.29, 0.717) is 18.3 Å². The minimum Gasteiger partial charge on any atom is -0.550 e. The third-order valence-corrected chi connectivity index (χ3v) is 10.8. The summed E-state index contributed by atoms with van der Waals surface area (Å²) < 4.78 is 6.85. The fourth-order valence-corrected chi connectivity index (χ4v) is 9.21. The molecule has 5 heteroatoms. The predicted molar refractivity (Wildman–Crippen MR) is 106 cm³/mol. The lowest BCUT2D eigenvalue weighted by molar-refractivity contribution is -0.306.